The molecule has 1 N–H and O–H groups in total. The van der Waals surface area contributed by atoms with E-state index in [0.29, 0.717) is 24.5 Å². The topological polar surface area (TPSA) is 79.7 Å². The van der Waals surface area contributed by atoms with Gasteiger partial charge in [0.15, 0.2) is 5.82 Å². The zero-order chi connectivity index (χ0) is 26.9. The third kappa shape index (κ3) is 5.26. The van der Waals surface area contributed by atoms with E-state index in [4.69, 9.17) is 0 Å². The van der Waals surface area contributed by atoms with Crippen LogP contribution in [0.25, 0.3) is 10.9 Å². The number of aryl methyl sites for hydroxylation is 1. The highest BCUT2D eigenvalue weighted by atomic mass is 19.1. The number of tetrazole rings is 1. The second-order valence-corrected chi connectivity index (χ2v) is 10.6. The fourth-order valence-electron chi connectivity index (χ4n) is 4.83. The smallest absolute Gasteiger partial charge is 0.253 e. The van der Waals surface area contributed by atoms with Crippen molar-refractivity contribution in [3.8, 4) is 0 Å². The number of halogens is 1. The fourth-order valence-corrected chi connectivity index (χ4v) is 4.83. The van der Waals surface area contributed by atoms with Gasteiger partial charge >= 0.3 is 0 Å². The van der Waals surface area contributed by atoms with Crippen molar-refractivity contribution in [2.45, 2.75) is 52.4 Å². The zero-order valence-corrected chi connectivity index (χ0v) is 22.0. The maximum Gasteiger partial charge on any atom is 0.253 e. The van der Waals surface area contributed by atoms with E-state index in [2.05, 4.69) is 37.5 Å². The summed E-state index contributed by atoms with van der Waals surface area (Å²) in [5.41, 5.74) is 3.71. The number of aromatic amines is 1. The summed E-state index contributed by atoms with van der Waals surface area (Å²) in [4.78, 5) is 19.0. The SMILES string of the molecule is Cc1cccc2cc([C@H](c3nnnn3C(C)(C)C)N(Cc3ccccc3)Cc3ccc(F)cc3)c(=O)[nH]c12. The van der Waals surface area contributed by atoms with Gasteiger partial charge in [-0.2, -0.15) is 0 Å². The molecule has 0 unspecified atom stereocenters. The van der Waals surface area contributed by atoms with Crippen LogP contribution in [0.2, 0.25) is 0 Å². The van der Waals surface area contributed by atoms with Gasteiger partial charge < -0.3 is 4.98 Å². The van der Waals surface area contributed by atoms with Gasteiger partial charge in [0.05, 0.1) is 11.1 Å². The summed E-state index contributed by atoms with van der Waals surface area (Å²) < 4.78 is 15.5. The lowest BCUT2D eigenvalue weighted by atomic mass is 9.99. The molecule has 0 bridgehead atoms. The molecule has 0 radical (unpaired) electrons. The third-order valence-electron chi connectivity index (χ3n) is 6.68. The summed E-state index contributed by atoms with van der Waals surface area (Å²) in [6, 6.07) is 23.8. The molecule has 0 saturated carbocycles. The van der Waals surface area contributed by atoms with Crippen LogP contribution in [-0.4, -0.2) is 30.1 Å². The number of fused-ring (bicyclic) bond motifs is 1. The molecule has 0 fully saturated rings. The van der Waals surface area contributed by atoms with E-state index < -0.39 is 11.6 Å². The summed E-state index contributed by atoms with van der Waals surface area (Å²) in [7, 11) is 0. The first-order chi connectivity index (χ1) is 18.2. The first-order valence-corrected chi connectivity index (χ1v) is 12.6. The Morgan fingerprint density at radius 3 is 2.32 bits per heavy atom. The molecule has 7 nitrogen and oxygen atoms in total. The highest BCUT2D eigenvalue weighted by Crippen LogP contribution is 2.32. The Kier molecular flexibility index (Phi) is 6.91. The standard InChI is InChI=1S/C30H31FN6O/c1-20-9-8-12-23-17-25(29(38)32-26(20)23)27(28-33-34-35-37(28)30(2,3)4)36(18-21-10-6-5-7-11-21)19-22-13-15-24(31)16-14-22/h5-17,27H,18-19H2,1-4H3,(H,32,38)/t27-/m1/s1. The Morgan fingerprint density at radius 1 is 0.947 bits per heavy atom. The van der Waals surface area contributed by atoms with E-state index >= 15 is 0 Å². The Hall–Kier alpha value is -4.17. The largest absolute Gasteiger partial charge is 0.321 e. The second-order valence-electron chi connectivity index (χ2n) is 10.6. The molecule has 1 atom stereocenters. The minimum Gasteiger partial charge on any atom is -0.321 e. The van der Waals surface area contributed by atoms with Crippen molar-refractivity contribution in [1.82, 2.24) is 30.1 Å². The number of nitrogens with zero attached hydrogens (tertiary/aromatic N) is 5. The van der Waals surface area contributed by atoms with Crippen molar-refractivity contribution in [2.24, 2.45) is 0 Å². The minimum atomic E-state index is -0.580. The van der Waals surface area contributed by atoms with E-state index in [1.165, 1.54) is 12.1 Å². The molecular weight excluding hydrogens is 479 g/mol. The van der Waals surface area contributed by atoms with Crippen molar-refractivity contribution in [3.63, 3.8) is 0 Å². The van der Waals surface area contributed by atoms with Gasteiger partial charge in [0.25, 0.3) is 5.56 Å². The number of nitrogens with one attached hydrogen (secondary N) is 1. The Balaban J connectivity index is 1.73. The number of H-pyrrole nitrogens is 1. The van der Waals surface area contributed by atoms with Crippen LogP contribution in [0.5, 0.6) is 0 Å². The monoisotopic (exact) mass is 510 g/mol. The molecule has 2 aromatic heterocycles. The highest BCUT2D eigenvalue weighted by molar-refractivity contribution is 5.82. The van der Waals surface area contributed by atoms with Crippen LogP contribution in [0.15, 0.2) is 83.7 Å². The molecular formula is C30H31FN6O. The fraction of sp³-hybridized carbons (Fsp3) is 0.267. The molecule has 38 heavy (non-hydrogen) atoms. The van der Waals surface area contributed by atoms with Gasteiger partial charge in [-0.05, 0) is 78.4 Å². The molecule has 0 saturated heterocycles. The normalized spacial score (nSPS) is 12.8. The number of aromatic nitrogens is 5. The lowest BCUT2D eigenvalue weighted by molar-refractivity contribution is 0.184. The number of pyridine rings is 1. The molecule has 5 rings (SSSR count). The highest BCUT2D eigenvalue weighted by Gasteiger charge is 2.33. The van der Waals surface area contributed by atoms with Gasteiger partial charge in [0.1, 0.15) is 11.9 Å². The Labute approximate surface area is 220 Å². The molecule has 0 aliphatic carbocycles. The van der Waals surface area contributed by atoms with Crippen LogP contribution < -0.4 is 5.56 Å². The third-order valence-corrected chi connectivity index (χ3v) is 6.68. The predicted octanol–water partition coefficient (Wildman–Crippen LogP) is 5.51. The van der Waals surface area contributed by atoms with Crippen LogP contribution in [0.3, 0.4) is 0 Å². The van der Waals surface area contributed by atoms with E-state index in [1.54, 1.807) is 16.8 Å². The molecule has 3 aromatic carbocycles. The van der Waals surface area contributed by atoms with Crippen molar-refractivity contribution >= 4 is 10.9 Å². The van der Waals surface area contributed by atoms with Crippen LogP contribution in [0.1, 0.15) is 54.9 Å². The first-order valence-electron chi connectivity index (χ1n) is 12.6. The van der Waals surface area contributed by atoms with Gasteiger partial charge in [-0.3, -0.25) is 9.69 Å². The minimum absolute atomic E-state index is 0.197. The summed E-state index contributed by atoms with van der Waals surface area (Å²) in [6.07, 6.45) is 0. The molecule has 0 aliphatic heterocycles. The number of rotatable bonds is 7. The molecule has 0 spiro atoms. The molecule has 8 heteroatoms. The molecule has 0 aliphatic rings. The van der Waals surface area contributed by atoms with E-state index in [-0.39, 0.29) is 11.4 Å². The van der Waals surface area contributed by atoms with Crippen LogP contribution in [-0.2, 0) is 18.6 Å². The number of benzene rings is 3. The average Bonchev–Trinajstić information content (AvgIpc) is 3.37. The zero-order valence-electron chi connectivity index (χ0n) is 22.0. The van der Waals surface area contributed by atoms with E-state index in [0.717, 1.165) is 27.6 Å². The van der Waals surface area contributed by atoms with Gasteiger partial charge in [-0.25, -0.2) is 9.07 Å². The summed E-state index contributed by atoms with van der Waals surface area (Å²) in [6.45, 7) is 9.03. The first kappa shape index (κ1) is 25.5. The predicted molar refractivity (Wildman–Crippen MR) is 146 cm³/mol. The average molecular weight is 511 g/mol. The van der Waals surface area contributed by atoms with Gasteiger partial charge in [0, 0.05) is 18.7 Å². The summed E-state index contributed by atoms with van der Waals surface area (Å²) >= 11 is 0. The molecule has 2 heterocycles. The number of para-hydroxylation sites is 1. The van der Waals surface area contributed by atoms with Crippen molar-refractivity contribution in [1.29, 1.82) is 0 Å². The lowest BCUT2D eigenvalue weighted by Crippen LogP contribution is -2.37. The number of hydrogen-bond donors (Lipinski definition) is 1. The van der Waals surface area contributed by atoms with Gasteiger partial charge in [-0.15, -0.1) is 5.10 Å². The molecule has 194 valence electrons. The van der Waals surface area contributed by atoms with Crippen molar-refractivity contribution in [2.75, 3.05) is 0 Å². The lowest BCUT2D eigenvalue weighted by Gasteiger charge is -2.33. The van der Waals surface area contributed by atoms with Crippen LogP contribution in [0, 0.1) is 12.7 Å². The van der Waals surface area contributed by atoms with Crippen molar-refractivity contribution < 1.29 is 4.39 Å². The van der Waals surface area contributed by atoms with Crippen LogP contribution >= 0.6 is 0 Å². The van der Waals surface area contributed by atoms with Gasteiger partial charge in [-0.1, -0.05) is 60.7 Å². The summed E-state index contributed by atoms with van der Waals surface area (Å²) in [5, 5.41) is 13.7. The van der Waals surface area contributed by atoms with Gasteiger partial charge in [0.2, 0.25) is 0 Å². The second kappa shape index (κ2) is 10.3. The van der Waals surface area contributed by atoms with E-state index in [9.17, 15) is 9.18 Å². The molecule has 5 aromatic rings. The quantitative estimate of drug-likeness (QED) is 0.312. The summed E-state index contributed by atoms with van der Waals surface area (Å²) in [5.74, 6) is 0.269. The van der Waals surface area contributed by atoms with Crippen molar-refractivity contribution in [3.05, 3.63) is 123 Å². The van der Waals surface area contributed by atoms with Crippen LogP contribution in [0.4, 0.5) is 4.39 Å². The molecule has 0 amide bonds. The maximum atomic E-state index is 13.7. The Morgan fingerprint density at radius 2 is 1.63 bits per heavy atom. The Bertz CT molecular complexity index is 1600. The number of hydrogen-bond acceptors (Lipinski definition) is 5. The van der Waals surface area contributed by atoms with E-state index in [1.807, 2.05) is 70.2 Å². The maximum absolute atomic E-state index is 13.7.